The Morgan fingerprint density at radius 2 is 1.61 bits per heavy atom. The summed E-state index contributed by atoms with van der Waals surface area (Å²) >= 11 is 0. The van der Waals surface area contributed by atoms with Gasteiger partial charge in [-0.3, -0.25) is 19.1 Å². The number of hydrogen-bond donors (Lipinski definition) is 2. The van der Waals surface area contributed by atoms with Crippen molar-refractivity contribution >= 4 is 26.9 Å². The van der Waals surface area contributed by atoms with Crippen LogP contribution in [0.4, 0.5) is 4.39 Å². The van der Waals surface area contributed by atoms with Gasteiger partial charge >= 0.3 is 0 Å². The molecule has 0 spiro atoms. The van der Waals surface area contributed by atoms with Crippen LogP contribution in [0.5, 0.6) is 0 Å². The van der Waals surface area contributed by atoms with E-state index >= 15 is 0 Å². The standard InChI is InChI=1S/C21H14FN3O2.CH4O3S.H2O/c22-15-2-4-16(5-3-15)25-12-18(21(23)27)20(26)17-6-1-14(11-19(17)25)13-7-9-24-10-8-13;1-5(2,3)4;/h1-12H,(H2,23,27);1H3,(H,2,3,4);1H2. The molecule has 4 aromatic rings. The van der Waals surface area contributed by atoms with E-state index in [1.165, 1.54) is 18.3 Å². The molecule has 4 rings (SSSR count). The predicted octanol–water partition coefficient (Wildman–Crippen LogP) is 1.97. The van der Waals surface area contributed by atoms with Crippen LogP contribution in [-0.4, -0.2) is 40.2 Å². The van der Waals surface area contributed by atoms with Crippen LogP contribution in [0, 0.1) is 5.82 Å². The Morgan fingerprint density at radius 3 is 2.15 bits per heavy atom. The Morgan fingerprint density at radius 1 is 1.03 bits per heavy atom. The highest BCUT2D eigenvalue weighted by atomic mass is 32.2. The SMILES string of the molecule is CS(=O)(=O)O.NC(=O)c1cn(-c2ccc(F)cc2)c2cc(-c3ccncc3)ccc2c1=O.O. The third-order valence-electron chi connectivity index (χ3n) is 4.39. The van der Waals surface area contributed by atoms with Gasteiger partial charge in [-0.15, -0.1) is 0 Å². The highest BCUT2D eigenvalue weighted by Crippen LogP contribution is 2.25. The maximum absolute atomic E-state index is 13.3. The van der Waals surface area contributed by atoms with Crippen LogP contribution < -0.4 is 11.2 Å². The smallest absolute Gasteiger partial charge is 0.261 e. The van der Waals surface area contributed by atoms with Crippen LogP contribution in [0.2, 0.25) is 0 Å². The van der Waals surface area contributed by atoms with E-state index in [0.29, 0.717) is 22.8 Å². The van der Waals surface area contributed by atoms with Crippen molar-refractivity contribution in [3.8, 4) is 16.8 Å². The lowest BCUT2D eigenvalue weighted by molar-refractivity contribution is 0.0999. The van der Waals surface area contributed by atoms with Crippen LogP contribution >= 0.6 is 0 Å². The first kappa shape index (κ1) is 25.3. The molecule has 0 aliphatic heterocycles. The molecular weight excluding hydrogens is 453 g/mol. The van der Waals surface area contributed by atoms with Crippen LogP contribution in [-0.2, 0) is 10.1 Å². The van der Waals surface area contributed by atoms with E-state index in [1.54, 1.807) is 41.2 Å². The number of primary amides is 1. The maximum Gasteiger partial charge on any atom is 0.261 e. The van der Waals surface area contributed by atoms with Gasteiger partial charge in [0.15, 0.2) is 0 Å². The molecule has 0 aliphatic carbocycles. The van der Waals surface area contributed by atoms with Gasteiger partial charge in [0.25, 0.3) is 16.0 Å². The van der Waals surface area contributed by atoms with Crippen molar-refractivity contribution in [3.63, 3.8) is 0 Å². The number of fused-ring (bicyclic) bond motifs is 1. The zero-order valence-corrected chi connectivity index (χ0v) is 18.1. The van der Waals surface area contributed by atoms with Crippen molar-refractivity contribution in [2.24, 2.45) is 5.73 Å². The molecule has 0 saturated heterocycles. The molecule has 0 bridgehead atoms. The minimum absolute atomic E-state index is 0. The van der Waals surface area contributed by atoms with Crippen LogP contribution in [0.3, 0.4) is 0 Å². The Balaban J connectivity index is 0.000000583. The number of nitrogens with two attached hydrogens (primary N) is 1. The summed E-state index contributed by atoms with van der Waals surface area (Å²) in [7, 11) is -3.67. The third-order valence-corrected chi connectivity index (χ3v) is 4.39. The summed E-state index contributed by atoms with van der Waals surface area (Å²) in [5.41, 5.74) is 7.84. The summed E-state index contributed by atoms with van der Waals surface area (Å²) in [5.74, 6) is -1.19. The monoisotopic (exact) mass is 473 g/mol. The number of nitrogens with zero attached hydrogens (tertiary/aromatic N) is 2. The van der Waals surface area contributed by atoms with E-state index in [4.69, 9.17) is 10.3 Å². The largest absolute Gasteiger partial charge is 0.412 e. The molecule has 0 fully saturated rings. The summed E-state index contributed by atoms with van der Waals surface area (Å²) in [6, 6.07) is 14.8. The van der Waals surface area contributed by atoms with Gasteiger partial charge in [-0.1, -0.05) is 6.07 Å². The number of hydrogen-bond acceptors (Lipinski definition) is 5. The van der Waals surface area contributed by atoms with E-state index < -0.39 is 21.5 Å². The number of rotatable bonds is 3. The topological polar surface area (TPSA) is 164 Å². The number of carbonyl (C=O) groups is 1. The Kier molecular flexibility index (Phi) is 7.77. The molecule has 0 atom stereocenters. The first-order chi connectivity index (χ1) is 15.0. The fourth-order valence-corrected chi connectivity index (χ4v) is 3.04. The molecule has 9 nitrogen and oxygen atoms in total. The van der Waals surface area contributed by atoms with Gasteiger partial charge < -0.3 is 15.8 Å². The van der Waals surface area contributed by atoms with Gasteiger partial charge in [0.2, 0.25) is 5.43 Å². The predicted molar refractivity (Wildman–Crippen MR) is 122 cm³/mol. The lowest BCUT2D eigenvalue weighted by Crippen LogP contribution is -2.23. The molecule has 2 aromatic carbocycles. The molecule has 33 heavy (non-hydrogen) atoms. The number of pyridine rings is 2. The minimum Gasteiger partial charge on any atom is -0.412 e. The van der Waals surface area contributed by atoms with E-state index in [-0.39, 0.29) is 16.9 Å². The van der Waals surface area contributed by atoms with Gasteiger partial charge in [-0.05, 0) is 59.7 Å². The van der Waals surface area contributed by atoms with Crippen molar-refractivity contribution in [2.75, 3.05) is 6.26 Å². The first-order valence-corrected chi connectivity index (χ1v) is 11.0. The zero-order chi connectivity index (χ0) is 23.5. The fraction of sp³-hybridized carbons (Fsp3) is 0.0455. The average molecular weight is 473 g/mol. The highest BCUT2D eigenvalue weighted by Gasteiger charge is 2.15. The number of amides is 1. The Labute approximate surface area is 188 Å². The minimum atomic E-state index is -3.67. The van der Waals surface area contributed by atoms with Gasteiger partial charge in [-0.2, -0.15) is 8.42 Å². The van der Waals surface area contributed by atoms with Crippen molar-refractivity contribution < 1.29 is 27.6 Å². The molecular formula is C22H20FN3O6S. The van der Waals surface area contributed by atoms with Crippen molar-refractivity contribution in [2.45, 2.75) is 0 Å². The average Bonchev–Trinajstić information content (AvgIpc) is 2.74. The van der Waals surface area contributed by atoms with Crippen LogP contribution in [0.15, 0.2) is 78.0 Å². The van der Waals surface area contributed by atoms with Crippen molar-refractivity contribution in [3.05, 3.63) is 94.8 Å². The van der Waals surface area contributed by atoms with E-state index in [9.17, 15) is 22.4 Å². The maximum atomic E-state index is 13.3. The van der Waals surface area contributed by atoms with E-state index in [1.807, 2.05) is 18.2 Å². The molecule has 172 valence electrons. The number of halogens is 1. The fourth-order valence-electron chi connectivity index (χ4n) is 3.04. The second-order valence-corrected chi connectivity index (χ2v) is 8.25. The van der Waals surface area contributed by atoms with Gasteiger partial charge in [0.1, 0.15) is 11.4 Å². The first-order valence-electron chi connectivity index (χ1n) is 9.12. The molecule has 1 amide bonds. The molecule has 0 aliphatic rings. The molecule has 2 aromatic heterocycles. The second-order valence-electron chi connectivity index (χ2n) is 6.78. The third kappa shape index (κ3) is 6.29. The van der Waals surface area contributed by atoms with Gasteiger partial charge in [0.05, 0.1) is 11.8 Å². The molecule has 5 N–H and O–H groups in total. The zero-order valence-electron chi connectivity index (χ0n) is 17.3. The number of aromatic nitrogens is 2. The summed E-state index contributed by atoms with van der Waals surface area (Å²) in [6.45, 7) is 0. The molecule has 2 heterocycles. The highest BCUT2D eigenvalue weighted by molar-refractivity contribution is 7.85. The van der Waals surface area contributed by atoms with Crippen molar-refractivity contribution in [1.29, 1.82) is 0 Å². The van der Waals surface area contributed by atoms with Crippen LogP contribution in [0.1, 0.15) is 10.4 Å². The molecule has 0 radical (unpaired) electrons. The van der Waals surface area contributed by atoms with E-state index in [0.717, 1.165) is 11.1 Å². The molecule has 11 heteroatoms. The quantitative estimate of drug-likeness (QED) is 0.432. The molecule has 0 saturated carbocycles. The van der Waals surface area contributed by atoms with Crippen LogP contribution in [0.25, 0.3) is 27.7 Å². The van der Waals surface area contributed by atoms with Gasteiger partial charge in [-0.25, -0.2) is 4.39 Å². The van der Waals surface area contributed by atoms with Gasteiger partial charge in [0, 0.05) is 29.7 Å². The number of carbonyl (C=O) groups excluding carboxylic acids is 1. The normalized spacial score (nSPS) is 10.6. The Hall–Kier alpha value is -3.93. The lowest BCUT2D eigenvalue weighted by atomic mass is 10.0. The summed E-state index contributed by atoms with van der Waals surface area (Å²) in [4.78, 5) is 28.4. The lowest BCUT2D eigenvalue weighted by Gasteiger charge is -2.14. The summed E-state index contributed by atoms with van der Waals surface area (Å²) in [5, 5.41) is 0.355. The summed E-state index contributed by atoms with van der Waals surface area (Å²) in [6.07, 6.45) is 5.48. The summed E-state index contributed by atoms with van der Waals surface area (Å²) < 4.78 is 40.9. The van der Waals surface area contributed by atoms with Crippen molar-refractivity contribution in [1.82, 2.24) is 9.55 Å². The second kappa shape index (κ2) is 10.1. The number of benzene rings is 2. The van der Waals surface area contributed by atoms with E-state index in [2.05, 4.69) is 4.98 Å². The Bertz CT molecular complexity index is 1450. The molecule has 0 unspecified atom stereocenters.